The molecule has 7 nitrogen and oxygen atoms in total. The normalized spacial score (nSPS) is 21.2. The molecule has 1 saturated heterocycles. The van der Waals surface area contributed by atoms with Crippen LogP contribution in [0.1, 0.15) is 32.6 Å². The van der Waals surface area contributed by atoms with Crippen molar-refractivity contribution in [2.75, 3.05) is 26.2 Å². The van der Waals surface area contributed by atoms with Gasteiger partial charge in [0.1, 0.15) is 0 Å². The van der Waals surface area contributed by atoms with Gasteiger partial charge >= 0.3 is 12.0 Å². The lowest BCUT2D eigenvalue weighted by Gasteiger charge is -2.33. The zero-order valence-electron chi connectivity index (χ0n) is 12.0. The molecule has 4 N–H and O–H groups in total. The van der Waals surface area contributed by atoms with Crippen LogP contribution < -0.4 is 10.6 Å². The van der Waals surface area contributed by atoms with Gasteiger partial charge in [-0.2, -0.15) is 0 Å². The van der Waals surface area contributed by atoms with Crippen LogP contribution in [0.4, 0.5) is 4.79 Å². The lowest BCUT2D eigenvalue weighted by molar-refractivity contribution is -0.146. The molecule has 0 aromatic heterocycles. The highest BCUT2D eigenvalue weighted by atomic mass is 16.4. The van der Waals surface area contributed by atoms with E-state index in [2.05, 4.69) is 22.5 Å². The van der Waals surface area contributed by atoms with E-state index in [0.29, 0.717) is 12.6 Å². The first-order valence-electron chi connectivity index (χ1n) is 7.17. The predicted octanol–water partition coefficient (Wildman–Crippen LogP) is -0.00440. The Morgan fingerprint density at radius 2 is 2.10 bits per heavy atom. The second-order valence-corrected chi connectivity index (χ2v) is 5.23. The molecule has 2 amide bonds. The van der Waals surface area contributed by atoms with Crippen LogP contribution in [0.2, 0.25) is 0 Å². The Labute approximate surface area is 119 Å². The lowest BCUT2D eigenvalue weighted by atomic mass is 10.0. The number of aliphatic hydroxyl groups excluding tert-OH is 1. The van der Waals surface area contributed by atoms with Crippen molar-refractivity contribution in [1.29, 1.82) is 0 Å². The molecule has 1 aliphatic rings. The average molecular weight is 287 g/mol. The summed E-state index contributed by atoms with van der Waals surface area (Å²) in [6.45, 7) is 4.56. The number of nitrogens with zero attached hydrogens (tertiary/aromatic N) is 1. The first kappa shape index (κ1) is 16.7. The van der Waals surface area contributed by atoms with Crippen LogP contribution in [0.15, 0.2) is 0 Å². The second-order valence-electron chi connectivity index (χ2n) is 5.23. The fraction of sp³-hybridized carbons (Fsp3) is 0.846. The van der Waals surface area contributed by atoms with E-state index in [1.54, 1.807) is 0 Å². The summed E-state index contributed by atoms with van der Waals surface area (Å²) in [5.41, 5.74) is 0. The highest BCUT2D eigenvalue weighted by Crippen LogP contribution is 2.15. The average Bonchev–Trinajstić information content (AvgIpc) is 2.42. The van der Waals surface area contributed by atoms with Gasteiger partial charge in [-0.05, 0) is 32.7 Å². The quantitative estimate of drug-likeness (QED) is 0.494. The van der Waals surface area contributed by atoms with E-state index in [9.17, 15) is 9.59 Å². The molecule has 0 aromatic carbocycles. The molecule has 2 atom stereocenters. The van der Waals surface area contributed by atoms with Gasteiger partial charge in [0, 0.05) is 19.1 Å². The summed E-state index contributed by atoms with van der Waals surface area (Å²) in [7, 11) is 0. The number of piperidine rings is 1. The summed E-state index contributed by atoms with van der Waals surface area (Å²) in [5, 5.41) is 22.4. The van der Waals surface area contributed by atoms with Gasteiger partial charge in [-0.3, -0.25) is 0 Å². The molecule has 20 heavy (non-hydrogen) atoms. The maximum atomic E-state index is 11.3. The van der Waals surface area contributed by atoms with Crippen LogP contribution in [0.25, 0.3) is 0 Å². The molecule has 0 aromatic rings. The molecule has 0 aliphatic carbocycles. The number of carbonyl (C=O) groups is 2. The van der Waals surface area contributed by atoms with E-state index in [1.807, 2.05) is 0 Å². The minimum absolute atomic E-state index is 0.287. The molecule has 1 aliphatic heterocycles. The molecule has 1 heterocycles. The van der Waals surface area contributed by atoms with Gasteiger partial charge in [0.05, 0.1) is 6.54 Å². The monoisotopic (exact) mass is 287 g/mol. The molecule has 0 saturated carbocycles. The zero-order chi connectivity index (χ0) is 15.0. The van der Waals surface area contributed by atoms with Crippen molar-refractivity contribution in [3.8, 4) is 0 Å². The summed E-state index contributed by atoms with van der Waals surface area (Å²) >= 11 is 0. The van der Waals surface area contributed by atoms with Crippen molar-refractivity contribution < 1.29 is 19.8 Å². The third-order valence-corrected chi connectivity index (χ3v) is 3.59. The highest BCUT2D eigenvalue weighted by molar-refractivity contribution is 5.76. The largest absolute Gasteiger partial charge is 0.479 e. The minimum Gasteiger partial charge on any atom is -0.479 e. The number of aliphatic carboxylic acids is 1. The fourth-order valence-electron chi connectivity index (χ4n) is 2.31. The molecular weight excluding hydrogens is 262 g/mol. The van der Waals surface area contributed by atoms with Gasteiger partial charge in [-0.25, -0.2) is 9.59 Å². The smallest absolute Gasteiger partial charge is 0.334 e. The van der Waals surface area contributed by atoms with Crippen LogP contribution >= 0.6 is 0 Å². The number of carboxylic acid groups (broad SMARTS) is 1. The van der Waals surface area contributed by atoms with E-state index in [4.69, 9.17) is 10.2 Å². The van der Waals surface area contributed by atoms with Crippen LogP contribution in [-0.2, 0) is 4.79 Å². The fourth-order valence-corrected chi connectivity index (χ4v) is 2.31. The van der Waals surface area contributed by atoms with Crippen molar-refractivity contribution in [3.05, 3.63) is 0 Å². The van der Waals surface area contributed by atoms with E-state index in [-0.39, 0.29) is 6.54 Å². The van der Waals surface area contributed by atoms with Crippen molar-refractivity contribution in [3.63, 3.8) is 0 Å². The first-order valence-corrected chi connectivity index (χ1v) is 7.17. The summed E-state index contributed by atoms with van der Waals surface area (Å²) in [4.78, 5) is 24.1. The third-order valence-electron chi connectivity index (χ3n) is 3.59. The van der Waals surface area contributed by atoms with Crippen LogP contribution in [-0.4, -0.2) is 65.4 Å². The Morgan fingerprint density at radius 3 is 2.75 bits per heavy atom. The molecule has 116 valence electrons. The Bertz CT molecular complexity index is 325. The summed E-state index contributed by atoms with van der Waals surface area (Å²) < 4.78 is 0. The third kappa shape index (κ3) is 6.21. The van der Waals surface area contributed by atoms with Gasteiger partial charge in [0.15, 0.2) is 6.10 Å². The number of hydrogen-bond donors (Lipinski definition) is 4. The second kappa shape index (κ2) is 8.76. The number of rotatable bonds is 7. The van der Waals surface area contributed by atoms with Gasteiger partial charge in [-0.1, -0.05) is 6.42 Å². The van der Waals surface area contributed by atoms with Crippen molar-refractivity contribution in [2.45, 2.75) is 44.8 Å². The van der Waals surface area contributed by atoms with Crippen LogP contribution in [0, 0.1) is 0 Å². The van der Waals surface area contributed by atoms with Gasteiger partial charge in [-0.15, -0.1) is 0 Å². The summed E-state index contributed by atoms with van der Waals surface area (Å²) in [6, 6.07) is 0.167. The van der Waals surface area contributed by atoms with E-state index in [0.717, 1.165) is 19.5 Å². The SMILES string of the molecule is CC1CCCCN1CCCNC(=O)NC[C@H](O)C(=O)O. The Balaban J connectivity index is 2.05. The number of likely N-dealkylation sites (tertiary alicyclic amines) is 1. The Morgan fingerprint density at radius 1 is 1.35 bits per heavy atom. The maximum absolute atomic E-state index is 11.3. The molecular formula is C13H25N3O4. The topological polar surface area (TPSA) is 102 Å². The number of amides is 2. The van der Waals surface area contributed by atoms with Crippen molar-refractivity contribution >= 4 is 12.0 Å². The van der Waals surface area contributed by atoms with Gasteiger partial charge in [0.2, 0.25) is 0 Å². The predicted molar refractivity (Wildman–Crippen MR) is 74.5 cm³/mol. The van der Waals surface area contributed by atoms with Crippen LogP contribution in [0.5, 0.6) is 0 Å². The number of carbonyl (C=O) groups excluding carboxylic acids is 1. The van der Waals surface area contributed by atoms with Crippen molar-refractivity contribution in [2.24, 2.45) is 0 Å². The number of hydrogen-bond acceptors (Lipinski definition) is 4. The minimum atomic E-state index is -1.56. The Hall–Kier alpha value is -1.34. The van der Waals surface area contributed by atoms with E-state index in [1.165, 1.54) is 19.3 Å². The summed E-state index contributed by atoms with van der Waals surface area (Å²) in [6.07, 6.45) is 3.07. The van der Waals surface area contributed by atoms with E-state index >= 15 is 0 Å². The molecule has 0 spiro atoms. The van der Waals surface area contributed by atoms with Crippen molar-refractivity contribution in [1.82, 2.24) is 15.5 Å². The zero-order valence-corrected chi connectivity index (χ0v) is 12.0. The molecule has 0 radical (unpaired) electrons. The number of urea groups is 1. The lowest BCUT2D eigenvalue weighted by Crippen LogP contribution is -2.43. The summed E-state index contributed by atoms with van der Waals surface area (Å²) in [5.74, 6) is -1.34. The van der Waals surface area contributed by atoms with Gasteiger partial charge in [0.25, 0.3) is 0 Å². The molecule has 1 unspecified atom stereocenters. The maximum Gasteiger partial charge on any atom is 0.334 e. The first-order chi connectivity index (χ1) is 9.50. The highest BCUT2D eigenvalue weighted by Gasteiger charge is 2.17. The van der Waals surface area contributed by atoms with E-state index < -0.39 is 18.1 Å². The standard InChI is InChI=1S/C13H25N3O4/c1-10-5-2-3-7-16(10)8-4-6-14-13(20)15-9-11(17)12(18)19/h10-11,17H,2-9H2,1H3,(H,18,19)(H2,14,15,20)/t10?,11-/m0/s1. The molecule has 1 rings (SSSR count). The van der Waals surface area contributed by atoms with Gasteiger partial charge < -0.3 is 25.7 Å². The number of carboxylic acids is 1. The number of aliphatic hydroxyl groups is 1. The Kier molecular flexibility index (Phi) is 7.32. The molecule has 0 bridgehead atoms. The molecule has 1 fully saturated rings. The van der Waals surface area contributed by atoms with Crippen LogP contribution in [0.3, 0.4) is 0 Å². The number of nitrogens with one attached hydrogen (secondary N) is 2. The molecule has 7 heteroatoms.